The van der Waals surface area contributed by atoms with Gasteiger partial charge in [0.05, 0.1) is 30.6 Å². The van der Waals surface area contributed by atoms with Crippen molar-refractivity contribution in [2.75, 3.05) is 19.9 Å². The summed E-state index contributed by atoms with van der Waals surface area (Å²) in [5.74, 6) is 2.17. The molecule has 0 unspecified atom stereocenters. The molecule has 1 aromatic carbocycles. The standard InChI is InChI=1S/C21H32N2O3/c1-14(2)18(11-26-21(4,5)6)22-12-23-8-7-16-9-19-20(25-13-24-19)10-17(16)15(23)3/h9-10,12,14-15,18H,7-8,11,13H2,1-6H3/t15-,18-/m1/s1. The first-order chi connectivity index (χ1) is 12.2. The minimum absolute atomic E-state index is 0.136. The van der Waals surface area contributed by atoms with Crippen LogP contribution in [-0.2, 0) is 11.2 Å². The first-order valence-electron chi connectivity index (χ1n) is 9.60. The zero-order valence-corrected chi connectivity index (χ0v) is 16.9. The normalized spacial score (nSPS) is 20.7. The monoisotopic (exact) mass is 360 g/mol. The summed E-state index contributed by atoms with van der Waals surface area (Å²) in [7, 11) is 0. The SMILES string of the molecule is CC(C)[C@@H](COC(C)(C)C)N=CN1CCc2cc3c(cc2[C@H]1C)OCO3. The van der Waals surface area contributed by atoms with Gasteiger partial charge in [0.25, 0.3) is 0 Å². The number of nitrogens with zero attached hydrogens (tertiary/aromatic N) is 2. The van der Waals surface area contributed by atoms with Crippen LogP contribution in [0.5, 0.6) is 11.5 Å². The van der Waals surface area contributed by atoms with Gasteiger partial charge in [-0.1, -0.05) is 13.8 Å². The molecule has 2 aliphatic rings. The van der Waals surface area contributed by atoms with E-state index in [1.807, 2.05) is 6.34 Å². The van der Waals surface area contributed by atoms with Crippen LogP contribution in [0.2, 0.25) is 0 Å². The molecule has 0 radical (unpaired) electrons. The summed E-state index contributed by atoms with van der Waals surface area (Å²) in [4.78, 5) is 7.18. The van der Waals surface area contributed by atoms with E-state index >= 15 is 0 Å². The van der Waals surface area contributed by atoms with Gasteiger partial charge < -0.3 is 19.1 Å². The lowest BCUT2D eigenvalue weighted by atomic mass is 9.93. The molecule has 144 valence electrons. The van der Waals surface area contributed by atoms with Crippen molar-refractivity contribution in [3.63, 3.8) is 0 Å². The Hall–Kier alpha value is -1.75. The lowest BCUT2D eigenvalue weighted by Gasteiger charge is -2.34. The third kappa shape index (κ3) is 4.32. The Kier molecular flexibility index (Phi) is 5.47. The molecule has 0 bridgehead atoms. The molecule has 5 heteroatoms. The summed E-state index contributed by atoms with van der Waals surface area (Å²) in [6, 6.07) is 4.70. The molecule has 2 heterocycles. The van der Waals surface area contributed by atoms with E-state index in [0.717, 1.165) is 24.5 Å². The highest BCUT2D eigenvalue weighted by Gasteiger charge is 2.26. The lowest BCUT2D eigenvalue weighted by molar-refractivity contribution is -0.0145. The fraction of sp³-hybridized carbons (Fsp3) is 0.667. The molecule has 0 amide bonds. The second kappa shape index (κ2) is 7.47. The molecule has 0 saturated carbocycles. The molecular weight excluding hydrogens is 328 g/mol. The first-order valence-corrected chi connectivity index (χ1v) is 9.60. The van der Waals surface area contributed by atoms with Gasteiger partial charge >= 0.3 is 0 Å². The van der Waals surface area contributed by atoms with Gasteiger partial charge in [-0.15, -0.1) is 0 Å². The number of ether oxygens (including phenoxy) is 3. The quantitative estimate of drug-likeness (QED) is 0.583. The highest BCUT2D eigenvalue weighted by molar-refractivity contribution is 5.59. The third-order valence-corrected chi connectivity index (χ3v) is 5.08. The van der Waals surface area contributed by atoms with E-state index in [9.17, 15) is 0 Å². The highest BCUT2D eigenvalue weighted by Crippen LogP contribution is 2.39. The molecule has 0 aromatic heterocycles. The van der Waals surface area contributed by atoms with Gasteiger partial charge in [0.1, 0.15) is 0 Å². The van der Waals surface area contributed by atoms with Gasteiger partial charge in [-0.2, -0.15) is 0 Å². The first kappa shape index (κ1) is 19.0. The van der Waals surface area contributed by atoms with Crippen molar-refractivity contribution in [3.05, 3.63) is 23.3 Å². The molecule has 0 aliphatic carbocycles. The maximum Gasteiger partial charge on any atom is 0.231 e. The fourth-order valence-electron chi connectivity index (χ4n) is 3.30. The van der Waals surface area contributed by atoms with E-state index in [0.29, 0.717) is 19.3 Å². The molecule has 0 saturated heterocycles. The van der Waals surface area contributed by atoms with Crippen LogP contribution in [0.15, 0.2) is 17.1 Å². The molecule has 1 aromatic rings. The van der Waals surface area contributed by atoms with Gasteiger partial charge in [0.15, 0.2) is 11.5 Å². The number of hydrogen-bond donors (Lipinski definition) is 0. The molecule has 2 aliphatic heterocycles. The minimum atomic E-state index is -0.136. The van der Waals surface area contributed by atoms with Crippen LogP contribution in [0.1, 0.15) is 58.7 Å². The second-order valence-corrected chi connectivity index (χ2v) is 8.57. The molecule has 0 fully saturated rings. The van der Waals surface area contributed by atoms with Crippen LogP contribution in [0.3, 0.4) is 0 Å². The van der Waals surface area contributed by atoms with Crippen molar-refractivity contribution in [3.8, 4) is 11.5 Å². The van der Waals surface area contributed by atoms with Crippen molar-refractivity contribution in [1.82, 2.24) is 4.90 Å². The predicted molar refractivity (Wildman–Crippen MR) is 104 cm³/mol. The lowest BCUT2D eigenvalue weighted by Crippen LogP contribution is -2.34. The number of hydrogen-bond acceptors (Lipinski definition) is 4. The van der Waals surface area contributed by atoms with Crippen molar-refractivity contribution in [2.24, 2.45) is 10.9 Å². The minimum Gasteiger partial charge on any atom is -0.454 e. The number of rotatable bonds is 5. The Morgan fingerprint density at radius 3 is 2.62 bits per heavy atom. The van der Waals surface area contributed by atoms with Gasteiger partial charge in [-0.25, -0.2) is 0 Å². The summed E-state index contributed by atoms with van der Waals surface area (Å²) in [6.07, 6.45) is 3.02. The molecule has 3 rings (SSSR count). The molecule has 0 N–H and O–H groups in total. The average molecular weight is 360 g/mol. The Morgan fingerprint density at radius 1 is 1.27 bits per heavy atom. The van der Waals surface area contributed by atoms with E-state index in [-0.39, 0.29) is 17.7 Å². The number of benzene rings is 1. The van der Waals surface area contributed by atoms with Crippen LogP contribution < -0.4 is 9.47 Å². The van der Waals surface area contributed by atoms with E-state index in [4.69, 9.17) is 19.2 Å². The van der Waals surface area contributed by atoms with E-state index < -0.39 is 0 Å². The van der Waals surface area contributed by atoms with E-state index in [2.05, 4.69) is 58.6 Å². The van der Waals surface area contributed by atoms with Crippen LogP contribution in [-0.4, -0.2) is 42.8 Å². The van der Waals surface area contributed by atoms with Crippen molar-refractivity contribution in [1.29, 1.82) is 0 Å². The summed E-state index contributed by atoms with van der Waals surface area (Å²) in [6.45, 7) is 14.8. The van der Waals surface area contributed by atoms with Crippen LogP contribution in [0, 0.1) is 5.92 Å². The summed E-state index contributed by atoms with van der Waals surface area (Å²) < 4.78 is 17.0. The zero-order chi connectivity index (χ0) is 18.9. The third-order valence-electron chi connectivity index (χ3n) is 5.08. The van der Waals surface area contributed by atoms with Crippen molar-refractivity contribution < 1.29 is 14.2 Å². The highest BCUT2D eigenvalue weighted by atomic mass is 16.7. The molecule has 5 nitrogen and oxygen atoms in total. The fourth-order valence-corrected chi connectivity index (χ4v) is 3.30. The van der Waals surface area contributed by atoms with Gasteiger partial charge in [0, 0.05) is 6.54 Å². The van der Waals surface area contributed by atoms with Crippen LogP contribution >= 0.6 is 0 Å². The Balaban J connectivity index is 1.70. The van der Waals surface area contributed by atoms with Crippen molar-refractivity contribution in [2.45, 2.75) is 65.6 Å². The molecular formula is C21H32N2O3. The van der Waals surface area contributed by atoms with Gasteiger partial charge in [-0.05, 0) is 63.3 Å². The largest absolute Gasteiger partial charge is 0.454 e. The Labute approximate surface area is 157 Å². The molecule has 0 spiro atoms. The molecule has 2 atom stereocenters. The smallest absolute Gasteiger partial charge is 0.231 e. The zero-order valence-electron chi connectivity index (χ0n) is 16.9. The topological polar surface area (TPSA) is 43.3 Å². The predicted octanol–water partition coefficient (Wildman–Crippen LogP) is 4.20. The maximum absolute atomic E-state index is 5.96. The van der Waals surface area contributed by atoms with Gasteiger partial charge in [-0.3, -0.25) is 4.99 Å². The molecule has 26 heavy (non-hydrogen) atoms. The van der Waals surface area contributed by atoms with Crippen LogP contribution in [0.25, 0.3) is 0 Å². The second-order valence-electron chi connectivity index (χ2n) is 8.57. The van der Waals surface area contributed by atoms with E-state index in [1.165, 1.54) is 11.1 Å². The Bertz CT molecular complexity index is 664. The van der Waals surface area contributed by atoms with Gasteiger partial charge in [0.2, 0.25) is 6.79 Å². The summed E-state index contributed by atoms with van der Waals surface area (Å²) in [5, 5.41) is 0. The Morgan fingerprint density at radius 2 is 1.96 bits per heavy atom. The van der Waals surface area contributed by atoms with Crippen LogP contribution in [0.4, 0.5) is 0 Å². The number of fused-ring (bicyclic) bond motifs is 2. The maximum atomic E-state index is 5.96. The number of aliphatic imine (C=N–C) groups is 1. The summed E-state index contributed by atoms with van der Waals surface area (Å²) in [5.41, 5.74) is 2.52. The van der Waals surface area contributed by atoms with Crippen molar-refractivity contribution >= 4 is 6.34 Å². The van der Waals surface area contributed by atoms with E-state index in [1.54, 1.807) is 0 Å². The average Bonchev–Trinajstić information content (AvgIpc) is 3.01. The summed E-state index contributed by atoms with van der Waals surface area (Å²) >= 11 is 0.